The van der Waals surface area contributed by atoms with E-state index in [1.165, 1.54) is 21.9 Å². The smallest absolute Gasteiger partial charge is 0.410 e. The van der Waals surface area contributed by atoms with Crippen LogP contribution in [0, 0.1) is 17.8 Å². The number of carbonyl (C=O) groups is 2. The molecule has 53 heavy (non-hydrogen) atoms. The zero-order valence-electron chi connectivity index (χ0n) is 32.7. The highest BCUT2D eigenvalue weighted by molar-refractivity contribution is 6.07. The van der Waals surface area contributed by atoms with Gasteiger partial charge in [0.05, 0.1) is 17.8 Å². The standard InChI is InChI=1S/C45H54N4O4/c1-9-28-16-41(48(23-28)44(51)53-45(6,7)8)38-19-31(22-46-38)29-11-13-33-32(17-29)24-52-42-21-34-30(18-36(33)42)12-14-37-35(34)20-39(47-37)40-15-10-26(4)49(40)43(50)27(5)25(2)3/h11-14,17-18,21-22,25-28,40-41H,9-10,15-16,19-20,23-24H2,1-8H3/t26-,27-,28?,40-,41-/m0/s1. The number of hydrogen-bond donors (Lipinski definition) is 0. The maximum absolute atomic E-state index is 13.6. The van der Waals surface area contributed by atoms with E-state index in [0.717, 1.165) is 83.6 Å². The van der Waals surface area contributed by atoms with Crippen molar-refractivity contribution < 1.29 is 19.1 Å². The fraction of sp³-hybridized carbons (Fsp3) is 0.511. The monoisotopic (exact) mass is 714 g/mol. The molecule has 5 aliphatic heterocycles. The van der Waals surface area contributed by atoms with Crippen molar-refractivity contribution >= 4 is 45.5 Å². The lowest BCUT2D eigenvalue weighted by Crippen LogP contribution is -2.47. The molecule has 2 amide bonds. The van der Waals surface area contributed by atoms with E-state index >= 15 is 0 Å². The van der Waals surface area contributed by atoms with Crippen LogP contribution in [0.5, 0.6) is 5.75 Å². The number of rotatable bonds is 6. The van der Waals surface area contributed by atoms with Crippen LogP contribution in [-0.4, -0.2) is 63.5 Å². The van der Waals surface area contributed by atoms with Gasteiger partial charge in [0.1, 0.15) is 18.0 Å². The number of benzene rings is 3. The summed E-state index contributed by atoms with van der Waals surface area (Å²) in [5.41, 5.74) is 9.63. The number of likely N-dealkylation sites (tertiary alicyclic amines) is 2. The molecule has 2 saturated heterocycles. The minimum Gasteiger partial charge on any atom is -0.488 e. The molecule has 0 N–H and O–H groups in total. The molecule has 8 heteroatoms. The molecule has 5 atom stereocenters. The van der Waals surface area contributed by atoms with E-state index in [9.17, 15) is 9.59 Å². The number of allylic oxidation sites excluding steroid dienone is 1. The molecule has 5 aliphatic rings. The quantitative estimate of drug-likeness (QED) is 0.255. The van der Waals surface area contributed by atoms with Crippen LogP contribution >= 0.6 is 0 Å². The minimum absolute atomic E-state index is 0.00560. The molecule has 1 unspecified atom stereocenters. The molecule has 0 spiro atoms. The molecule has 5 heterocycles. The first-order valence-corrected chi connectivity index (χ1v) is 19.8. The van der Waals surface area contributed by atoms with Gasteiger partial charge in [-0.1, -0.05) is 52.3 Å². The Labute approximate surface area is 314 Å². The van der Waals surface area contributed by atoms with Gasteiger partial charge in [-0.15, -0.1) is 0 Å². The Morgan fingerprint density at radius 2 is 1.79 bits per heavy atom. The molecule has 0 bridgehead atoms. The zero-order chi connectivity index (χ0) is 37.3. The summed E-state index contributed by atoms with van der Waals surface area (Å²) in [6, 6.07) is 15.7. The van der Waals surface area contributed by atoms with Crippen molar-refractivity contribution in [2.75, 3.05) is 6.54 Å². The zero-order valence-corrected chi connectivity index (χ0v) is 32.7. The molecule has 0 radical (unpaired) electrons. The third-order valence-corrected chi connectivity index (χ3v) is 12.4. The SMILES string of the molecule is CCC1C[C@@H](C2=NC=C(c3ccc4c(c3)COc3cc5c6c(ccc5cc3-4)N=C([C@@H]3CC[C@H](C)N3C(=O)[C@@H](C)C(C)C)C6)C2)N(C(=O)OC(C)(C)C)C1. The Balaban J connectivity index is 1.00. The third kappa shape index (κ3) is 6.46. The van der Waals surface area contributed by atoms with Crippen LogP contribution < -0.4 is 4.74 Å². The molecule has 278 valence electrons. The first-order valence-electron chi connectivity index (χ1n) is 19.8. The van der Waals surface area contributed by atoms with Gasteiger partial charge in [-0.2, -0.15) is 0 Å². The Hall–Kier alpha value is -4.46. The van der Waals surface area contributed by atoms with E-state index in [1.54, 1.807) is 0 Å². The first-order chi connectivity index (χ1) is 25.3. The Bertz CT molecular complexity index is 2090. The van der Waals surface area contributed by atoms with Crippen molar-refractivity contribution in [3.05, 3.63) is 65.4 Å². The fourth-order valence-electron chi connectivity index (χ4n) is 9.01. The molecule has 3 aromatic carbocycles. The van der Waals surface area contributed by atoms with Crippen molar-refractivity contribution in [2.24, 2.45) is 27.7 Å². The molecule has 2 fully saturated rings. The summed E-state index contributed by atoms with van der Waals surface area (Å²) in [4.78, 5) is 40.9. The molecule has 8 rings (SSSR count). The van der Waals surface area contributed by atoms with Crippen molar-refractivity contribution in [2.45, 2.75) is 124 Å². The Kier molecular flexibility index (Phi) is 9.02. The summed E-state index contributed by atoms with van der Waals surface area (Å²) >= 11 is 0. The summed E-state index contributed by atoms with van der Waals surface area (Å²) in [5.74, 6) is 1.90. The summed E-state index contributed by atoms with van der Waals surface area (Å²) < 4.78 is 12.3. The van der Waals surface area contributed by atoms with Gasteiger partial charge in [0.2, 0.25) is 5.91 Å². The normalized spacial score (nSPS) is 24.1. The number of hydrogen-bond acceptors (Lipinski definition) is 6. The molecule has 0 aliphatic carbocycles. The first kappa shape index (κ1) is 35.6. The van der Waals surface area contributed by atoms with E-state index < -0.39 is 5.60 Å². The maximum Gasteiger partial charge on any atom is 0.410 e. The van der Waals surface area contributed by atoms with E-state index in [0.29, 0.717) is 25.0 Å². The molecular formula is C45H54N4O4. The lowest BCUT2D eigenvalue weighted by atomic mass is 9.89. The molecule has 0 saturated carbocycles. The van der Waals surface area contributed by atoms with Crippen LogP contribution in [0.2, 0.25) is 0 Å². The lowest BCUT2D eigenvalue weighted by Gasteiger charge is -2.32. The number of fused-ring (bicyclic) bond motifs is 6. The second-order valence-corrected chi connectivity index (χ2v) is 17.4. The number of nitrogens with zero attached hydrogens (tertiary/aromatic N) is 4. The van der Waals surface area contributed by atoms with E-state index in [2.05, 4.69) is 82.0 Å². The molecule has 0 aromatic heterocycles. The second-order valence-electron chi connectivity index (χ2n) is 17.4. The maximum atomic E-state index is 13.6. The molecular weight excluding hydrogens is 661 g/mol. The van der Waals surface area contributed by atoms with Crippen molar-refractivity contribution in [3.63, 3.8) is 0 Å². The lowest BCUT2D eigenvalue weighted by molar-refractivity contribution is -0.137. The van der Waals surface area contributed by atoms with Gasteiger partial charge in [0, 0.05) is 54.5 Å². The van der Waals surface area contributed by atoms with Gasteiger partial charge >= 0.3 is 6.09 Å². The molecule has 3 aromatic rings. The summed E-state index contributed by atoms with van der Waals surface area (Å²) in [5, 5.41) is 2.35. The van der Waals surface area contributed by atoms with Crippen LogP contribution in [-0.2, 0) is 22.6 Å². The topological polar surface area (TPSA) is 83.8 Å². The van der Waals surface area contributed by atoms with Gasteiger partial charge < -0.3 is 14.4 Å². The van der Waals surface area contributed by atoms with Gasteiger partial charge in [-0.3, -0.25) is 19.7 Å². The largest absolute Gasteiger partial charge is 0.488 e. The van der Waals surface area contributed by atoms with Gasteiger partial charge in [-0.05, 0) is 122 Å². The van der Waals surface area contributed by atoms with E-state index in [1.807, 2.05) is 31.9 Å². The van der Waals surface area contributed by atoms with Crippen molar-refractivity contribution in [1.29, 1.82) is 0 Å². The highest BCUT2D eigenvalue weighted by atomic mass is 16.6. The van der Waals surface area contributed by atoms with Crippen LogP contribution in [0.25, 0.3) is 27.5 Å². The van der Waals surface area contributed by atoms with Crippen LogP contribution in [0.3, 0.4) is 0 Å². The minimum atomic E-state index is -0.536. The number of amides is 2. The number of aliphatic imine (C=N–C) groups is 2. The summed E-state index contributed by atoms with van der Waals surface area (Å²) in [6.45, 7) is 17.7. The predicted octanol–water partition coefficient (Wildman–Crippen LogP) is 9.92. The van der Waals surface area contributed by atoms with E-state index in [-0.39, 0.29) is 36.0 Å². The van der Waals surface area contributed by atoms with Gasteiger partial charge in [0.15, 0.2) is 0 Å². The highest BCUT2D eigenvalue weighted by Gasteiger charge is 2.42. The van der Waals surface area contributed by atoms with Gasteiger partial charge in [-0.25, -0.2) is 4.79 Å². The van der Waals surface area contributed by atoms with Crippen LogP contribution in [0.15, 0.2) is 58.6 Å². The second kappa shape index (κ2) is 13.4. The van der Waals surface area contributed by atoms with Crippen LogP contribution in [0.1, 0.15) is 104 Å². The molecule has 8 nitrogen and oxygen atoms in total. The van der Waals surface area contributed by atoms with Gasteiger partial charge in [0.25, 0.3) is 0 Å². The average molecular weight is 715 g/mol. The highest BCUT2D eigenvalue weighted by Crippen LogP contribution is 2.45. The number of carbonyl (C=O) groups excluding carboxylic acids is 2. The van der Waals surface area contributed by atoms with Crippen molar-refractivity contribution in [1.82, 2.24) is 9.80 Å². The third-order valence-electron chi connectivity index (χ3n) is 12.4. The summed E-state index contributed by atoms with van der Waals surface area (Å²) in [6.07, 6.45) is 7.15. The predicted molar refractivity (Wildman–Crippen MR) is 213 cm³/mol. The average Bonchev–Trinajstić information content (AvgIpc) is 3.94. The number of ether oxygens (including phenoxy) is 2. The fourth-order valence-corrected chi connectivity index (χ4v) is 9.01. The van der Waals surface area contributed by atoms with Crippen LogP contribution in [0.4, 0.5) is 10.5 Å². The van der Waals surface area contributed by atoms with E-state index in [4.69, 9.17) is 19.5 Å². The van der Waals surface area contributed by atoms with Crippen molar-refractivity contribution in [3.8, 4) is 16.9 Å². The Morgan fingerprint density at radius 3 is 2.55 bits per heavy atom. The Morgan fingerprint density at radius 1 is 0.981 bits per heavy atom. The summed E-state index contributed by atoms with van der Waals surface area (Å²) in [7, 11) is 0.